The van der Waals surface area contributed by atoms with Gasteiger partial charge < -0.3 is 10.6 Å². The highest BCUT2D eigenvalue weighted by Crippen LogP contribution is 2.19. The summed E-state index contributed by atoms with van der Waals surface area (Å²) < 4.78 is 1.59. The second-order valence-electron chi connectivity index (χ2n) is 6.50. The van der Waals surface area contributed by atoms with E-state index in [9.17, 15) is 9.59 Å². The fraction of sp³-hybridized carbons (Fsp3) is 0.316. The summed E-state index contributed by atoms with van der Waals surface area (Å²) in [5.41, 5.74) is 1.69. The van der Waals surface area contributed by atoms with Gasteiger partial charge in [0.1, 0.15) is 5.82 Å². The molecule has 1 aliphatic heterocycles. The fourth-order valence-electron chi connectivity index (χ4n) is 2.77. The van der Waals surface area contributed by atoms with E-state index in [0.717, 1.165) is 11.3 Å². The van der Waals surface area contributed by atoms with E-state index in [2.05, 4.69) is 21.0 Å². The Kier molecular flexibility index (Phi) is 5.18. The highest BCUT2D eigenvalue weighted by atomic mass is 16.2. The van der Waals surface area contributed by atoms with E-state index in [1.54, 1.807) is 16.8 Å². The average Bonchev–Trinajstić information content (AvgIpc) is 2.98. The van der Waals surface area contributed by atoms with Crippen molar-refractivity contribution in [3.8, 4) is 0 Å². The number of rotatable bonds is 4. The Hall–Kier alpha value is -2.93. The lowest BCUT2D eigenvalue weighted by Gasteiger charge is -2.34. The van der Waals surface area contributed by atoms with Crippen LogP contribution in [0.5, 0.6) is 0 Å². The molecule has 2 aromatic rings. The summed E-state index contributed by atoms with van der Waals surface area (Å²) in [5.74, 6) is 0.0775. The Labute approximate surface area is 152 Å². The Morgan fingerprint density at radius 1 is 1.27 bits per heavy atom. The van der Waals surface area contributed by atoms with Crippen molar-refractivity contribution in [1.82, 2.24) is 20.4 Å². The predicted octanol–water partition coefficient (Wildman–Crippen LogP) is 2.04. The normalized spacial score (nSPS) is 23.0. The highest BCUT2D eigenvalue weighted by molar-refractivity contribution is 6.01. The van der Waals surface area contributed by atoms with Gasteiger partial charge in [0.25, 0.3) is 0 Å². The monoisotopic (exact) mass is 353 g/mol. The molecule has 3 N–H and O–H groups in total. The van der Waals surface area contributed by atoms with Crippen molar-refractivity contribution in [3.63, 3.8) is 0 Å². The van der Waals surface area contributed by atoms with Crippen molar-refractivity contribution in [3.05, 3.63) is 53.7 Å². The molecule has 2 heterocycles. The van der Waals surface area contributed by atoms with Gasteiger partial charge in [-0.15, -0.1) is 0 Å². The first-order chi connectivity index (χ1) is 12.4. The number of nitrogens with one attached hydrogen (secondary N) is 3. The van der Waals surface area contributed by atoms with E-state index in [1.807, 2.05) is 51.1 Å². The molecule has 1 aliphatic rings. The lowest BCUT2D eigenvalue weighted by Crippen LogP contribution is -2.57. The topological polar surface area (TPSA) is 88.0 Å². The number of benzene rings is 1. The molecule has 2 amide bonds. The van der Waals surface area contributed by atoms with Crippen molar-refractivity contribution in [2.45, 2.75) is 33.1 Å². The van der Waals surface area contributed by atoms with Gasteiger partial charge in [-0.3, -0.25) is 14.9 Å². The number of nitrogens with zero attached hydrogens (tertiary/aromatic N) is 2. The van der Waals surface area contributed by atoms with Crippen LogP contribution in [0, 0.1) is 12.8 Å². The van der Waals surface area contributed by atoms with Gasteiger partial charge >= 0.3 is 0 Å². The largest absolute Gasteiger partial charge is 0.322 e. The number of hydrogen-bond donors (Lipinski definition) is 3. The van der Waals surface area contributed by atoms with Crippen LogP contribution in [0.25, 0.3) is 6.08 Å². The number of aromatic nitrogens is 2. The minimum Gasteiger partial charge on any atom is -0.322 e. The van der Waals surface area contributed by atoms with Crippen LogP contribution in [0.3, 0.4) is 0 Å². The molecule has 1 fully saturated rings. The minimum atomic E-state index is -0.504. The van der Waals surface area contributed by atoms with Crippen molar-refractivity contribution in [1.29, 1.82) is 0 Å². The van der Waals surface area contributed by atoms with E-state index in [-0.39, 0.29) is 23.8 Å². The molecule has 3 atom stereocenters. The molecule has 0 spiro atoms. The zero-order valence-corrected chi connectivity index (χ0v) is 15.1. The van der Waals surface area contributed by atoms with Crippen molar-refractivity contribution in [2.24, 2.45) is 5.92 Å². The Morgan fingerprint density at radius 2 is 2.00 bits per heavy atom. The van der Waals surface area contributed by atoms with Gasteiger partial charge in [-0.1, -0.05) is 37.3 Å². The first-order valence-corrected chi connectivity index (χ1v) is 8.61. The molecule has 7 heteroatoms. The lowest BCUT2D eigenvalue weighted by molar-refractivity contribution is -0.130. The third kappa shape index (κ3) is 4.00. The summed E-state index contributed by atoms with van der Waals surface area (Å²) in [4.78, 5) is 24.4. The maximum atomic E-state index is 12.3. The van der Waals surface area contributed by atoms with Crippen molar-refractivity contribution >= 4 is 23.7 Å². The van der Waals surface area contributed by atoms with Crippen LogP contribution in [0.15, 0.2) is 42.5 Å². The fourth-order valence-corrected chi connectivity index (χ4v) is 2.77. The molecule has 0 aliphatic carbocycles. The summed E-state index contributed by atoms with van der Waals surface area (Å²) in [7, 11) is 0. The Morgan fingerprint density at radius 3 is 2.69 bits per heavy atom. The van der Waals surface area contributed by atoms with Crippen LogP contribution in [0.1, 0.15) is 31.4 Å². The second-order valence-corrected chi connectivity index (χ2v) is 6.50. The van der Waals surface area contributed by atoms with Crippen LogP contribution in [0.2, 0.25) is 0 Å². The van der Waals surface area contributed by atoms with Gasteiger partial charge in [-0.25, -0.2) is 4.68 Å². The first-order valence-electron chi connectivity index (χ1n) is 8.61. The van der Waals surface area contributed by atoms with Crippen molar-refractivity contribution < 1.29 is 9.59 Å². The van der Waals surface area contributed by atoms with Crippen molar-refractivity contribution in [2.75, 3.05) is 5.32 Å². The van der Waals surface area contributed by atoms with E-state index in [1.165, 1.54) is 6.08 Å². The molecule has 26 heavy (non-hydrogen) atoms. The third-order valence-corrected chi connectivity index (χ3v) is 4.44. The third-order valence-electron chi connectivity index (χ3n) is 4.44. The summed E-state index contributed by atoms with van der Waals surface area (Å²) in [6, 6.07) is 11.4. The average molecular weight is 353 g/mol. The first kappa shape index (κ1) is 17.9. The molecule has 0 bridgehead atoms. The maximum absolute atomic E-state index is 12.3. The van der Waals surface area contributed by atoms with Gasteiger partial charge in [0.05, 0.1) is 11.6 Å². The Bertz CT molecular complexity index is 828. The zero-order valence-electron chi connectivity index (χ0n) is 15.1. The Balaban J connectivity index is 1.74. The second kappa shape index (κ2) is 7.53. The molecule has 3 unspecified atom stereocenters. The van der Waals surface area contributed by atoms with Gasteiger partial charge in [0.2, 0.25) is 11.8 Å². The number of carbonyl (C=O) groups is 2. The zero-order chi connectivity index (χ0) is 18.7. The SMILES string of the molecule is Cc1cc(NC(=O)/C=C/c2ccccc2)n(C2NC(=O)C(C)C(C)N2)n1. The van der Waals surface area contributed by atoms with E-state index < -0.39 is 6.29 Å². The van der Waals surface area contributed by atoms with Crippen LogP contribution in [0.4, 0.5) is 5.82 Å². The molecule has 1 aromatic carbocycles. The molecule has 136 valence electrons. The number of amides is 2. The molecule has 0 radical (unpaired) electrons. The van der Waals surface area contributed by atoms with E-state index >= 15 is 0 Å². The molecular weight excluding hydrogens is 330 g/mol. The van der Waals surface area contributed by atoms with E-state index in [0.29, 0.717) is 5.82 Å². The van der Waals surface area contributed by atoms with Gasteiger partial charge in [0, 0.05) is 18.2 Å². The molecule has 1 saturated heterocycles. The number of hydrogen-bond acceptors (Lipinski definition) is 4. The standard InChI is InChI=1S/C19H23N5O2/c1-12-11-16(21-17(25)10-9-15-7-5-4-6-8-15)24(23-12)19-20-14(3)13(2)18(26)22-19/h4-11,13-14,19-20H,1-3H3,(H,21,25)(H,22,26)/b10-9+. The minimum absolute atomic E-state index is 0.000200. The number of carbonyl (C=O) groups excluding carboxylic acids is 2. The predicted molar refractivity (Wildman–Crippen MR) is 100 cm³/mol. The van der Waals surface area contributed by atoms with Gasteiger partial charge in [-0.2, -0.15) is 5.10 Å². The highest BCUT2D eigenvalue weighted by Gasteiger charge is 2.32. The summed E-state index contributed by atoms with van der Waals surface area (Å²) in [6.07, 6.45) is 2.71. The summed E-state index contributed by atoms with van der Waals surface area (Å²) in [6.45, 7) is 5.66. The molecule has 1 aromatic heterocycles. The summed E-state index contributed by atoms with van der Waals surface area (Å²) >= 11 is 0. The molecular formula is C19H23N5O2. The van der Waals surface area contributed by atoms with E-state index in [4.69, 9.17) is 0 Å². The lowest BCUT2D eigenvalue weighted by atomic mass is 10.0. The van der Waals surface area contributed by atoms with Crippen LogP contribution >= 0.6 is 0 Å². The van der Waals surface area contributed by atoms with Gasteiger partial charge in [-0.05, 0) is 25.5 Å². The smallest absolute Gasteiger partial charge is 0.249 e. The number of aryl methyl sites for hydroxylation is 1. The summed E-state index contributed by atoms with van der Waals surface area (Å²) in [5, 5.41) is 13.4. The maximum Gasteiger partial charge on any atom is 0.249 e. The molecule has 7 nitrogen and oxygen atoms in total. The van der Waals surface area contributed by atoms with Crippen LogP contribution in [-0.2, 0) is 9.59 Å². The quantitative estimate of drug-likeness (QED) is 0.734. The molecule has 0 saturated carbocycles. The molecule has 3 rings (SSSR count). The van der Waals surface area contributed by atoms with Crippen LogP contribution in [-0.4, -0.2) is 27.6 Å². The van der Waals surface area contributed by atoms with Gasteiger partial charge in [0.15, 0.2) is 6.29 Å². The van der Waals surface area contributed by atoms with Crippen LogP contribution < -0.4 is 16.0 Å². The number of anilines is 1.